The van der Waals surface area contributed by atoms with Gasteiger partial charge in [0.2, 0.25) is 5.91 Å². The van der Waals surface area contributed by atoms with E-state index in [1.807, 2.05) is 7.05 Å². The van der Waals surface area contributed by atoms with Gasteiger partial charge in [-0.15, -0.1) is 12.4 Å². The third kappa shape index (κ3) is 4.82. The molecule has 4 nitrogen and oxygen atoms in total. The third-order valence-corrected chi connectivity index (χ3v) is 3.36. The van der Waals surface area contributed by atoms with Gasteiger partial charge in [0.05, 0.1) is 5.54 Å². The molecule has 102 valence electrons. The number of halogens is 1. The Balaban J connectivity index is 0.00000256. The van der Waals surface area contributed by atoms with E-state index in [2.05, 4.69) is 0 Å². The topological polar surface area (TPSA) is 55.6 Å². The number of nitrogens with zero attached hydrogens (tertiary/aromatic N) is 1. The van der Waals surface area contributed by atoms with Crippen LogP contribution in [0.1, 0.15) is 38.5 Å². The first-order chi connectivity index (χ1) is 7.60. The highest BCUT2D eigenvalue weighted by molar-refractivity contribution is 5.86. The van der Waals surface area contributed by atoms with Crippen LogP contribution in [-0.4, -0.2) is 43.7 Å². The van der Waals surface area contributed by atoms with Crippen molar-refractivity contribution in [1.82, 2.24) is 4.90 Å². The average molecular weight is 265 g/mol. The smallest absolute Gasteiger partial charge is 0.242 e. The number of hydrogen-bond donors (Lipinski definition) is 1. The third-order valence-electron chi connectivity index (χ3n) is 3.36. The zero-order valence-corrected chi connectivity index (χ0v) is 11.7. The molecule has 1 saturated carbocycles. The number of methoxy groups -OCH3 is 1. The number of hydrogen-bond acceptors (Lipinski definition) is 3. The van der Waals surface area contributed by atoms with Crippen LogP contribution in [0.15, 0.2) is 0 Å². The van der Waals surface area contributed by atoms with Crippen molar-refractivity contribution < 1.29 is 9.53 Å². The van der Waals surface area contributed by atoms with Gasteiger partial charge in [-0.2, -0.15) is 0 Å². The molecule has 1 amide bonds. The summed E-state index contributed by atoms with van der Waals surface area (Å²) in [6.45, 7) is 1.42. The Labute approximate surface area is 110 Å². The lowest BCUT2D eigenvalue weighted by Crippen LogP contribution is -2.55. The van der Waals surface area contributed by atoms with Crippen molar-refractivity contribution in [3.8, 4) is 0 Å². The summed E-state index contributed by atoms with van der Waals surface area (Å²) in [7, 11) is 3.51. The van der Waals surface area contributed by atoms with Gasteiger partial charge >= 0.3 is 0 Å². The van der Waals surface area contributed by atoms with Crippen molar-refractivity contribution in [2.45, 2.75) is 44.1 Å². The molecule has 2 N–H and O–H groups in total. The molecule has 0 bridgehead atoms. The SMILES string of the molecule is COCCCN(C)C(=O)C1(N)CCCCC1.Cl. The van der Waals surface area contributed by atoms with Crippen LogP contribution < -0.4 is 5.73 Å². The minimum absolute atomic E-state index is 0. The fourth-order valence-corrected chi connectivity index (χ4v) is 2.32. The molecule has 17 heavy (non-hydrogen) atoms. The summed E-state index contributed by atoms with van der Waals surface area (Å²) >= 11 is 0. The van der Waals surface area contributed by atoms with Crippen molar-refractivity contribution in [1.29, 1.82) is 0 Å². The first kappa shape index (κ1) is 16.7. The summed E-state index contributed by atoms with van der Waals surface area (Å²) in [4.78, 5) is 13.9. The number of likely N-dealkylation sites (N-methyl/N-ethyl adjacent to an activating group) is 1. The molecule has 0 spiro atoms. The van der Waals surface area contributed by atoms with Gasteiger partial charge in [0.15, 0.2) is 0 Å². The molecule has 1 aliphatic rings. The summed E-state index contributed by atoms with van der Waals surface area (Å²) in [5, 5.41) is 0. The maximum atomic E-state index is 12.2. The van der Waals surface area contributed by atoms with E-state index in [9.17, 15) is 4.79 Å². The number of ether oxygens (including phenoxy) is 1. The fraction of sp³-hybridized carbons (Fsp3) is 0.917. The number of nitrogens with two attached hydrogens (primary N) is 1. The van der Waals surface area contributed by atoms with Gasteiger partial charge in [0.1, 0.15) is 0 Å². The van der Waals surface area contributed by atoms with Gasteiger partial charge < -0.3 is 15.4 Å². The van der Waals surface area contributed by atoms with Gasteiger partial charge in [-0.05, 0) is 19.3 Å². The van der Waals surface area contributed by atoms with E-state index in [-0.39, 0.29) is 18.3 Å². The number of rotatable bonds is 5. The van der Waals surface area contributed by atoms with Gasteiger partial charge in [-0.1, -0.05) is 19.3 Å². The summed E-state index contributed by atoms with van der Waals surface area (Å²) < 4.78 is 4.97. The second kappa shape index (κ2) is 7.90. The van der Waals surface area contributed by atoms with E-state index in [0.29, 0.717) is 6.61 Å². The van der Waals surface area contributed by atoms with Gasteiger partial charge in [-0.25, -0.2) is 0 Å². The van der Waals surface area contributed by atoms with Gasteiger partial charge in [0, 0.05) is 27.3 Å². The maximum Gasteiger partial charge on any atom is 0.242 e. The summed E-state index contributed by atoms with van der Waals surface area (Å²) in [6.07, 6.45) is 5.90. The molecular formula is C12H25ClN2O2. The molecule has 5 heteroatoms. The Kier molecular flexibility index (Phi) is 7.75. The molecule has 1 fully saturated rings. The highest BCUT2D eigenvalue weighted by Crippen LogP contribution is 2.27. The first-order valence-corrected chi connectivity index (χ1v) is 6.13. The molecule has 0 radical (unpaired) electrons. The Morgan fingerprint density at radius 1 is 1.35 bits per heavy atom. The van der Waals surface area contributed by atoms with Gasteiger partial charge in [0.25, 0.3) is 0 Å². The predicted octanol–water partition coefficient (Wildman–Crippen LogP) is 1.56. The molecule has 0 heterocycles. The summed E-state index contributed by atoms with van der Waals surface area (Å²) in [6, 6.07) is 0. The molecule has 0 aromatic heterocycles. The second-order valence-corrected chi connectivity index (χ2v) is 4.79. The van der Waals surface area contributed by atoms with Crippen molar-refractivity contribution in [3.63, 3.8) is 0 Å². The lowest BCUT2D eigenvalue weighted by atomic mass is 9.81. The molecule has 1 aliphatic carbocycles. The Bertz CT molecular complexity index is 231. The van der Waals surface area contributed by atoms with Crippen LogP contribution in [0.5, 0.6) is 0 Å². The van der Waals surface area contributed by atoms with E-state index in [1.165, 1.54) is 6.42 Å². The van der Waals surface area contributed by atoms with Crippen LogP contribution in [0, 0.1) is 0 Å². The fourth-order valence-electron chi connectivity index (χ4n) is 2.32. The number of carbonyl (C=O) groups is 1. The van der Waals surface area contributed by atoms with Crippen LogP contribution in [0.2, 0.25) is 0 Å². The van der Waals surface area contributed by atoms with Crippen molar-refractivity contribution in [2.24, 2.45) is 5.73 Å². The first-order valence-electron chi connectivity index (χ1n) is 6.13. The van der Waals surface area contributed by atoms with Crippen LogP contribution in [-0.2, 0) is 9.53 Å². The van der Waals surface area contributed by atoms with E-state index in [4.69, 9.17) is 10.5 Å². The molecule has 0 saturated heterocycles. The standard InChI is InChI=1S/C12H24N2O2.ClH/c1-14(9-6-10-16-2)11(15)12(13)7-4-3-5-8-12;/h3-10,13H2,1-2H3;1H. The zero-order valence-electron chi connectivity index (χ0n) is 10.9. The minimum atomic E-state index is -0.597. The van der Waals surface area contributed by atoms with Crippen molar-refractivity contribution in [2.75, 3.05) is 27.3 Å². The molecule has 0 aromatic rings. The van der Waals surface area contributed by atoms with Crippen molar-refractivity contribution in [3.05, 3.63) is 0 Å². The number of amides is 1. The molecule has 0 unspecified atom stereocenters. The van der Waals surface area contributed by atoms with Gasteiger partial charge in [-0.3, -0.25) is 4.79 Å². The predicted molar refractivity (Wildman–Crippen MR) is 71.4 cm³/mol. The second-order valence-electron chi connectivity index (χ2n) is 4.79. The Morgan fingerprint density at radius 3 is 2.47 bits per heavy atom. The molecule has 0 atom stereocenters. The minimum Gasteiger partial charge on any atom is -0.385 e. The lowest BCUT2D eigenvalue weighted by Gasteiger charge is -2.35. The normalized spacial score (nSPS) is 18.3. The average Bonchev–Trinajstić information content (AvgIpc) is 2.29. The zero-order chi connectivity index (χ0) is 12.0. The highest BCUT2D eigenvalue weighted by Gasteiger charge is 2.36. The Morgan fingerprint density at radius 2 is 1.94 bits per heavy atom. The molecule has 0 aliphatic heterocycles. The van der Waals surface area contributed by atoms with E-state index >= 15 is 0 Å². The van der Waals surface area contributed by atoms with Crippen LogP contribution in [0.3, 0.4) is 0 Å². The quantitative estimate of drug-likeness (QED) is 0.767. The summed E-state index contributed by atoms with van der Waals surface area (Å²) in [5.41, 5.74) is 5.59. The molecule has 0 aromatic carbocycles. The molecular weight excluding hydrogens is 240 g/mol. The van der Waals surface area contributed by atoms with Crippen LogP contribution in [0.4, 0.5) is 0 Å². The largest absolute Gasteiger partial charge is 0.385 e. The van der Waals surface area contributed by atoms with E-state index in [0.717, 1.165) is 38.6 Å². The highest BCUT2D eigenvalue weighted by atomic mass is 35.5. The van der Waals surface area contributed by atoms with E-state index in [1.54, 1.807) is 12.0 Å². The molecule has 1 rings (SSSR count). The summed E-state index contributed by atoms with van der Waals surface area (Å²) in [5.74, 6) is 0.100. The maximum absolute atomic E-state index is 12.2. The van der Waals surface area contributed by atoms with E-state index < -0.39 is 5.54 Å². The lowest BCUT2D eigenvalue weighted by molar-refractivity contribution is -0.137. The van der Waals surface area contributed by atoms with Crippen molar-refractivity contribution >= 4 is 18.3 Å². The Hall–Kier alpha value is -0.320. The van der Waals surface area contributed by atoms with Crippen LogP contribution >= 0.6 is 12.4 Å². The monoisotopic (exact) mass is 264 g/mol. The number of carbonyl (C=O) groups excluding carboxylic acids is 1. The van der Waals surface area contributed by atoms with Crippen LogP contribution in [0.25, 0.3) is 0 Å².